The molecule has 0 heterocycles. The Labute approximate surface area is 360 Å². The van der Waals surface area contributed by atoms with Gasteiger partial charge in [-0.2, -0.15) is 0 Å². The second-order valence-electron chi connectivity index (χ2n) is 17.5. The van der Waals surface area contributed by atoms with Crippen LogP contribution in [0.2, 0.25) is 0 Å². The zero-order chi connectivity index (χ0) is 41.8. The molecule has 10 rings (SSSR count). The third-order valence-electron chi connectivity index (χ3n) is 12.8. The normalized spacial score (nSPS) is 11.9. The second-order valence-corrected chi connectivity index (χ2v) is 17.5. The van der Waals surface area contributed by atoms with E-state index in [4.69, 9.17) is 0 Å². The Morgan fingerprint density at radius 1 is 0.246 bits per heavy atom. The minimum atomic E-state index is 0.468. The molecular weight excluding hydrogens is 737 g/mol. The van der Waals surface area contributed by atoms with E-state index in [1.54, 1.807) is 0 Å². The number of hydrogen-bond acceptors (Lipinski definition) is 2. The summed E-state index contributed by atoms with van der Waals surface area (Å²) in [7, 11) is 0. The van der Waals surface area contributed by atoms with Crippen molar-refractivity contribution in [2.24, 2.45) is 0 Å². The van der Waals surface area contributed by atoms with Crippen LogP contribution in [0.4, 0.5) is 34.1 Å². The minimum absolute atomic E-state index is 0.468. The van der Waals surface area contributed by atoms with E-state index in [9.17, 15) is 0 Å². The maximum atomic E-state index is 2.42. The molecule has 298 valence electrons. The van der Waals surface area contributed by atoms with Crippen molar-refractivity contribution in [2.45, 2.75) is 59.3 Å². The summed E-state index contributed by atoms with van der Waals surface area (Å²) in [6, 6.07) is 70.3. The molecule has 10 aromatic rings. The van der Waals surface area contributed by atoms with Gasteiger partial charge in [-0.3, -0.25) is 0 Å². The largest absolute Gasteiger partial charge is 0.310 e. The van der Waals surface area contributed by atoms with Crippen molar-refractivity contribution < 1.29 is 0 Å². The highest BCUT2D eigenvalue weighted by Gasteiger charge is 2.21. The molecule has 0 radical (unpaired) electrons. The number of fused-ring (bicyclic) bond motifs is 11. The Balaban J connectivity index is 1.22. The number of para-hydroxylation sites is 1. The summed E-state index contributed by atoms with van der Waals surface area (Å²) in [5.74, 6) is 1.41. The van der Waals surface area contributed by atoms with E-state index in [2.05, 4.69) is 239 Å². The van der Waals surface area contributed by atoms with Crippen molar-refractivity contribution in [2.75, 3.05) is 9.80 Å². The van der Waals surface area contributed by atoms with E-state index in [1.165, 1.54) is 70.6 Å². The van der Waals surface area contributed by atoms with Gasteiger partial charge in [-0.1, -0.05) is 157 Å². The average molecular weight is 789 g/mol. The lowest BCUT2D eigenvalue weighted by Crippen LogP contribution is -2.10. The highest BCUT2D eigenvalue weighted by atomic mass is 15.1. The summed E-state index contributed by atoms with van der Waals surface area (Å²) in [5.41, 5.74) is 10.9. The summed E-state index contributed by atoms with van der Waals surface area (Å²) in [4.78, 5) is 4.81. The summed E-state index contributed by atoms with van der Waals surface area (Å²) >= 11 is 0. The molecule has 0 saturated heterocycles. The summed E-state index contributed by atoms with van der Waals surface area (Å²) in [6.07, 6.45) is 0. The molecule has 0 spiro atoms. The Morgan fingerprint density at radius 2 is 0.525 bits per heavy atom. The molecule has 0 unspecified atom stereocenters. The first kappa shape index (κ1) is 38.3. The zero-order valence-electron chi connectivity index (χ0n) is 36.0. The van der Waals surface area contributed by atoms with Crippen LogP contribution >= 0.6 is 0 Å². The lowest BCUT2D eigenvalue weighted by Gasteiger charge is -2.27. The first-order chi connectivity index (χ1) is 29.7. The van der Waals surface area contributed by atoms with Gasteiger partial charge < -0.3 is 9.80 Å². The van der Waals surface area contributed by atoms with Crippen LogP contribution < -0.4 is 9.80 Å². The molecular formula is C59H52N2. The van der Waals surface area contributed by atoms with Gasteiger partial charge in [0.05, 0.1) is 0 Å². The smallest absolute Gasteiger partial charge is 0.0468 e. The molecule has 10 aromatic carbocycles. The fourth-order valence-corrected chi connectivity index (χ4v) is 9.42. The maximum Gasteiger partial charge on any atom is 0.0468 e. The first-order valence-electron chi connectivity index (χ1n) is 21.9. The van der Waals surface area contributed by atoms with Crippen molar-refractivity contribution in [3.05, 3.63) is 205 Å². The molecule has 0 atom stereocenters. The molecule has 0 aromatic heterocycles. The van der Waals surface area contributed by atoms with Gasteiger partial charge in [-0.25, -0.2) is 0 Å². The lowest BCUT2D eigenvalue weighted by molar-refractivity contribution is 0.866. The fraction of sp³-hybridized carbons (Fsp3) is 0.153. The van der Waals surface area contributed by atoms with Crippen molar-refractivity contribution >= 4 is 88.0 Å². The van der Waals surface area contributed by atoms with Gasteiger partial charge in [-0.05, 0) is 161 Å². The molecule has 2 nitrogen and oxygen atoms in total. The first-order valence-corrected chi connectivity index (χ1v) is 21.9. The van der Waals surface area contributed by atoms with Gasteiger partial charge in [0, 0.05) is 34.1 Å². The zero-order valence-corrected chi connectivity index (χ0v) is 36.0. The Morgan fingerprint density at radius 3 is 0.869 bits per heavy atom. The molecule has 0 aliphatic heterocycles. The number of hydrogen-bond donors (Lipinski definition) is 0. The van der Waals surface area contributed by atoms with Gasteiger partial charge in [0.2, 0.25) is 0 Å². The van der Waals surface area contributed by atoms with E-state index in [0.717, 1.165) is 34.1 Å². The van der Waals surface area contributed by atoms with Crippen LogP contribution in [0.15, 0.2) is 188 Å². The monoisotopic (exact) mass is 788 g/mol. The molecule has 0 fully saturated rings. The third-order valence-corrected chi connectivity index (χ3v) is 12.8. The topological polar surface area (TPSA) is 6.48 Å². The molecule has 0 N–H and O–H groups in total. The third kappa shape index (κ3) is 6.77. The molecule has 2 heteroatoms. The number of benzene rings is 10. The van der Waals surface area contributed by atoms with Crippen molar-refractivity contribution in [3.63, 3.8) is 0 Å². The lowest BCUT2D eigenvalue weighted by atomic mass is 9.87. The molecule has 0 bridgehead atoms. The maximum absolute atomic E-state index is 2.42. The van der Waals surface area contributed by atoms with E-state index >= 15 is 0 Å². The molecule has 0 amide bonds. The van der Waals surface area contributed by atoms with Crippen LogP contribution in [0.25, 0.3) is 53.9 Å². The quantitative estimate of drug-likeness (QED) is 0.134. The van der Waals surface area contributed by atoms with Crippen LogP contribution in [0, 0.1) is 0 Å². The molecule has 0 aliphatic rings. The Kier molecular flexibility index (Phi) is 9.80. The van der Waals surface area contributed by atoms with Crippen LogP contribution in [-0.4, -0.2) is 0 Å². The van der Waals surface area contributed by atoms with Crippen LogP contribution in [0.3, 0.4) is 0 Å². The van der Waals surface area contributed by atoms with Gasteiger partial charge in [0.15, 0.2) is 0 Å². The van der Waals surface area contributed by atoms with Gasteiger partial charge in [0.25, 0.3) is 0 Å². The molecule has 61 heavy (non-hydrogen) atoms. The number of nitrogens with zero attached hydrogens (tertiary/aromatic N) is 2. The van der Waals surface area contributed by atoms with Crippen molar-refractivity contribution in [1.82, 2.24) is 0 Å². The highest BCUT2D eigenvalue weighted by molar-refractivity contribution is 6.39. The predicted molar refractivity (Wildman–Crippen MR) is 266 cm³/mol. The Hall–Kier alpha value is -6.90. The predicted octanol–water partition coefficient (Wildman–Crippen LogP) is 17.8. The van der Waals surface area contributed by atoms with Gasteiger partial charge in [-0.15, -0.1) is 0 Å². The van der Waals surface area contributed by atoms with E-state index in [1.807, 2.05) is 0 Å². The summed E-state index contributed by atoms with van der Waals surface area (Å²) in [5, 5.41) is 12.7. The Bertz CT molecular complexity index is 3140. The van der Waals surface area contributed by atoms with Crippen molar-refractivity contribution in [3.8, 4) is 0 Å². The fourth-order valence-electron chi connectivity index (χ4n) is 9.42. The highest BCUT2D eigenvalue weighted by Crippen LogP contribution is 2.47. The van der Waals surface area contributed by atoms with Gasteiger partial charge in [0.1, 0.15) is 0 Å². The average Bonchev–Trinajstić information content (AvgIpc) is 3.30. The van der Waals surface area contributed by atoms with E-state index in [-0.39, 0.29) is 0 Å². The second kappa shape index (κ2) is 15.6. The van der Waals surface area contributed by atoms with E-state index in [0.29, 0.717) is 17.8 Å². The van der Waals surface area contributed by atoms with Crippen LogP contribution in [0.1, 0.15) is 76.0 Å². The number of anilines is 6. The standard InChI is InChI=1S/C59H52N2/c1-38(2)41-20-26-45(27-21-41)60(44-14-8-7-9-15-44)48-32-34-54-56(36-48)50-16-10-12-18-52(50)59-55-35-33-49(37-57(55)51-17-11-13-19-53(51)58(54)59)61(46-28-22-42(23-29-46)39(3)4)47-30-24-43(25-31-47)40(5)6/h7-40H,1-6H3. The van der Waals surface area contributed by atoms with Crippen LogP contribution in [0.5, 0.6) is 0 Å². The summed E-state index contributed by atoms with van der Waals surface area (Å²) < 4.78 is 0. The molecule has 0 aliphatic carbocycles. The SMILES string of the molecule is CC(C)c1ccc(N(c2ccccc2)c2ccc3c(c2)c2ccccc2c2c4ccc(N(c5ccc(C(C)C)cc5)c5ccc(C(C)C)cc5)cc4c4ccccc4c32)cc1. The summed E-state index contributed by atoms with van der Waals surface area (Å²) in [6.45, 7) is 13.5. The molecule has 0 saturated carbocycles. The number of rotatable bonds is 9. The van der Waals surface area contributed by atoms with E-state index < -0.39 is 0 Å². The van der Waals surface area contributed by atoms with Crippen LogP contribution in [-0.2, 0) is 0 Å². The minimum Gasteiger partial charge on any atom is -0.310 e. The van der Waals surface area contributed by atoms with Crippen molar-refractivity contribution in [1.29, 1.82) is 0 Å². The van der Waals surface area contributed by atoms with Gasteiger partial charge >= 0.3 is 0 Å².